The number of thiazole rings is 1. The Morgan fingerprint density at radius 1 is 1.53 bits per heavy atom. The van der Waals surface area contributed by atoms with Crippen LogP contribution in [0, 0.1) is 0 Å². The Bertz CT molecular complexity index is 1160. The van der Waals surface area contributed by atoms with Crippen molar-refractivity contribution in [2.24, 2.45) is 5.16 Å². The number of oxime groups is 1. The maximum Gasteiger partial charge on any atom is 0.362 e. The minimum atomic E-state index is -4.89. The molecule has 1 aliphatic rings. The number of hydrogen-bond acceptors (Lipinski definition) is 12. The van der Waals surface area contributed by atoms with Crippen molar-refractivity contribution in [2.75, 3.05) is 5.73 Å². The third kappa shape index (κ3) is 4.84. The van der Waals surface area contributed by atoms with Crippen molar-refractivity contribution in [3.05, 3.63) is 36.1 Å². The maximum atomic E-state index is 12.9. The largest absolute Gasteiger partial charge is 0.509 e. The summed E-state index contributed by atoms with van der Waals surface area (Å²) >= 11 is 1.01. The van der Waals surface area contributed by atoms with Crippen LogP contribution in [0.25, 0.3) is 0 Å². The van der Waals surface area contributed by atoms with Crippen molar-refractivity contribution in [1.82, 2.24) is 29.4 Å². The maximum absolute atomic E-state index is 12.9. The number of anilines is 1. The molecule has 0 spiro atoms. The molecule has 17 heteroatoms. The number of nitrogens with zero attached hydrogens (tertiary/aromatic N) is 6. The zero-order valence-electron chi connectivity index (χ0n) is 16.4. The van der Waals surface area contributed by atoms with E-state index in [9.17, 15) is 27.7 Å². The minimum absolute atomic E-state index is 0.0204. The van der Waals surface area contributed by atoms with Gasteiger partial charge in [0.2, 0.25) is 0 Å². The molecule has 1 saturated heterocycles. The van der Waals surface area contributed by atoms with Gasteiger partial charge in [-0.25, -0.2) is 14.3 Å². The summed E-state index contributed by atoms with van der Waals surface area (Å²) < 4.78 is 34.0. The van der Waals surface area contributed by atoms with Crippen LogP contribution in [-0.2, 0) is 31.3 Å². The second kappa shape index (κ2) is 8.89. The lowest BCUT2D eigenvalue weighted by molar-refractivity contribution is -0.145. The lowest BCUT2D eigenvalue weighted by Gasteiger charge is -2.43. The number of aliphatic hydroxyl groups is 1. The topological polar surface area (TPSA) is 215 Å². The molecule has 15 nitrogen and oxygen atoms in total. The van der Waals surface area contributed by atoms with E-state index in [0.717, 1.165) is 11.3 Å². The van der Waals surface area contributed by atoms with Crippen LogP contribution < -0.4 is 11.1 Å². The second-order valence-corrected chi connectivity index (χ2v) is 8.68. The van der Waals surface area contributed by atoms with E-state index in [1.165, 1.54) is 29.6 Å². The van der Waals surface area contributed by atoms with Gasteiger partial charge in [-0.1, -0.05) is 11.7 Å². The molecule has 2 aromatic heterocycles. The Morgan fingerprint density at radius 3 is 2.78 bits per heavy atom. The van der Waals surface area contributed by atoms with Crippen molar-refractivity contribution < 1.29 is 32.5 Å². The summed E-state index contributed by atoms with van der Waals surface area (Å²) in [6.07, 6.45) is 1.50. The highest BCUT2D eigenvalue weighted by Crippen LogP contribution is 2.25. The van der Waals surface area contributed by atoms with Crippen LogP contribution in [0.4, 0.5) is 5.13 Å². The van der Waals surface area contributed by atoms with Crippen molar-refractivity contribution >= 4 is 44.3 Å². The molecule has 0 aliphatic carbocycles. The predicted octanol–water partition coefficient (Wildman–Crippen LogP) is -1.30. The first kappa shape index (κ1) is 23.1. The van der Waals surface area contributed by atoms with Crippen LogP contribution in [0.1, 0.15) is 12.6 Å². The van der Waals surface area contributed by atoms with Gasteiger partial charge in [0.15, 0.2) is 16.9 Å². The fourth-order valence-electron chi connectivity index (χ4n) is 2.66. The normalized spacial score (nSPS) is 19.9. The molecule has 1 aliphatic heterocycles. The van der Waals surface area contributed by atoms with Crippen molar-refractivity contribution in [3.8, 4) is 0 Å². The van der Waals surface area contributed by atoms with E-state index < -0.39 is 40.3 Å². The Hall–Kier alpha value is -3.57. The lowest BCUT2D eigenvalue weighted by atomic mass is 9.98. The third-order valence-electron chi connectivity index (χ3n) is 4.30. The second-order valence-electron chi connectivity index (χ2n) is 6.50. The minimum Gasteiger partial charge on any atom is -0.509 e. The van der Waals surface area contributed by atoms with Gasteiger partial charge in [0, 0.05) is 5.38 Å². The van der Waals surface area contributed by atoms with Crippen molar-refractivity contribution in [1.29, 1.82) is 0 Å². The van der Waals surface area contributed by atoms with Crippen LogP contribution in [0.3, 0.4) is 0 Å². The molecule has 1 fully saturated rings. The standard InChI is InChI=1S/C15H18N8O7S2/c1-7(24)8(2)30-21-11(9-4-31-15(16)19-9)13(25)20-12-10(3-22-6-17-5-18-22)23(14(12)26)32(27,28)29/h4-6,8,10,12,24H,1,3H2,2H3,(H2,16,19)(H,20,25)(H,27,28,29)/b21-11-/t8-,10+,12-/m0/s1. The van der Waals surface area contributed by atoms with Crippen LogP contribution in [0.2, 0.25) is 0 Å². The molecular weight excluding hydrogens is 468 g/mol. The van der Waals surface area contributed by atoms with E-state index in [4.69, 9.17) is 10.6 Å². The molecule has 0 unspecified atom stereocenters. The first-order valence-corrected chi connectivity index (χ1v) is 11.0. The van der Waals surface area contributed by atoms with E-state index in [2.05, 4.69) is 32.1 Å². The fourth-order valence-corrected chi connectivity index (χ4v) is 4.08. The molecule has 3 atom stereocenters. The zero-order valence-corrected chi connectivity index (χ0v) is 18.0. The highest BCUT2D eigenvalue weighted by molar-refractivity contribution is 7.84. The first-order valence-electron chi connectivity index (χ1n) is 8.76. The van der Waals surface area contributed by atoms with Gasteiger partial charge in [0.1, 0.15) is 30.1 Å². The molecule has 2 aromatic rings. The summed E-state index contributed by atoms with van der Waals surface area (Å²) in [5.41, 5.74) is 5.23. The van der Waals surface area contributed by atoms with E-state index in [0.29, 0.717) is 0 Å². The van der Waals surface area contributed by atoms with Gasteiger partial charge in [0.05, 0.1) is 12.6 Å². The number of carbonyl (C=O) groups excluding carboxylic acids is 2. The number of nitrogens with two attached hydrogens (primary N) is 1. The molecule has 0 radical (unpaired) electrons. The quantitative estimate of drug-likeness (QED) is 0.107. The van der Waals surface area contributed by atoms with Crippen LogP contribution in [-0.4, -0.2) is 77.8 Å². The van der Waals surface area contributed by atoms with Gasteiger partial charge in [-0.3, -0.25) is 18.8 Å². The van der Waals surface area contributed by atoms with Gasteiger partial charge in [-0.2, -0.15) is 13.5 Å². The molecule has 5 N–H and O–H groups in total. The molecule has 172 valence electrons. The molecule has 2 amide bonds. The number of rotatable bonds is 9. The summed E-state index contributed by atoms with van der Waals surface area (Å²) in [5, 5.41) is 20.8. The number of nitrogen functional groups attached to an aromatic ring is 1. The van der Waals surface area contributed by atoms with Gasteiger partial charge in [-0.05, 0) is 6.92 Å². The number of amides is 2. The molecule has 0 aromatic carbocycles. The van der Waals surface area contributed by atoms with Gasteiger partial charge in [-0.15, -0.1) is 11.3 Å². The summed E-state index contributed by atoms with van der Waals surface area (Å²) in [5.74, 6) is -2.36. The molecule has 0 saturated carbocycles. The Morgan fingerprint density at radius 2 is 2.25 bits per heavy atom. The Balaban J connectivity index is 1.85. The van der Waals surface area contributed by atoms with Gasteiger partial charge < -0.3 is 21.0 Å². The molecule has 3 rings (SSSR count). The molecular formula is C15H18N8O7S2. The van der Waals surface area contributed by atoms with Gasteiger partial charge in [0.25, 0.3) is 11.8 Å². The highest BCUT2D eigenvalue weighted by atomic mass is 32.2. The van der Waals surface area contributed by atoms with Crippen LogP contribution in [0.15, 0.2) is 35.5 Å². The average molecular weight is 486 g/mol. The van der Waals surface area contributed by atoms with Gasteiger partial charge >= 0.3 is 10.3 Å². The molecule has 0 bridgehead atoms. The average Bonchev–Trinajstić information content (AvgIpc) is 3.36. The van der Waals surface area contributed by atoms with E-state index >= 15 is 0 Å². The highest BCUT2D eigenvalue weighted by Gasteiger charge is 2.54. The number of nitrogens with one attached hydrogen (secondary N) is 1. The fraction of sp³-hybridized carbons (Fsp3) is 0.333. The third-order valence-corrected chi connectivity index (χ3v) is 5.92. The lowest BCUT2D eigenvalue weighted by Crippen LogP contribution is -2.73. The van der Waals surface area contributed by atoms with Crippen LogP contribution in [0.5, 0.6) is 0 Å². The monoisotopic (exact) mass is 486 g/mol. The molecule has 32 heavy (non-hydrogen) atoms. The van der Waals surface area contributed by atoms with E-state index in [1.807, 2.05) is 0 Å². The van der Waals surface area contributed by atoms with E-state index in [1.54, 1.807) is 0 Å². The summed E-state index contributed by atoms with van der Waals surface area (Å²) in [4.78, 5) is 38.0. The predicted molar refractivity (Wildman–Crippen MR) is 110 cm³/mol. The summed E-state index contributed by atoms with van der Waals surface area (Å²) in [6.45, 7) is 4.53. The van der Waals surface area contributed by atoms with Crippen LogP contribution >= 0.6 is 11.3 Å². The SMILES string of the molecule is C=C(O)[C@H](C)O/N=C(\C(=O)N[C@@H]1C(=O)N(S(=O)(=O)O)[C@@H]1Cn1cncn1)c1csc(N)n1. The summed E-state index contributed by atoms with van der Waals surface area (Å²) in [7, 11) is -4.89. The number of aromatic nitrogens is 4. The smallest absolute Gasteiger partial charge is 0.362 e. The molecule has 3 heterocycles. The zero-order chi connectivity index (χ0) is 23.6. The summed E-state index contributed by atoms with van der Waals surface area (Å²) in [6, 6.07) is -2.54. The van der Waals surface area contributed by atoms with Crippen molar-refractivity contribution in [2.45, 2.75) is 31.7 Å². The van der Waals surface area contributed by atoms with Crippen molar-refractivity contribution in [3.63, 3.8) is 0 Å². The Labute approximate surface area is 185 Å². The first-order chi connectivity index (χ1) is 15.0. The Kier molecular flexibility index (Phi) is 6.42. The number of β-lactam (4-membered cyclic amide) rings is 1. The number of hydrogen-bond donors (Lipinski definition) is 4. The number of aliphatic hydroxyl groups excluding tert-OH is 1. The van der Waals surface area contributed by atoms with E-state index in [-0.39, 0.29) is 33.1 Å². The number of carbonyl (C=O) groups is 2.